The maximum absolute atomic E-state index is 12.5. The van der Waals surface area contributed by atoms with E-state index in [2.05, 4.69) is 10.3 Å². The lowest BCUT2D eigenvalue weighted by Crippen LogP contribution is -2.42. The van der Waals surface area contributed by atoms with Crippen LogP contribution in [0.1, 0.15) is 26.4 Å². The van der Waals surface area contributed by atoms with Gasteiger partial charge in [-0.3, -0.25) is 9.59 Å². The van der Waals surface area contributed by atoms with Crippen LogP contribution in [0.15, 0.2) is 41.8 Å². The van der Waals surface area contributed by atoms with Crippen molar-refractivity contribution in [3.8, 4) is 0 Å². The molecule has 4 rings (SSSR count). The summed E-state index contributed by atoms with van der Waals surface area (Å²) in [4.78, 5) is 29.6. The van der Waals surface area contributed by atoms with Crippen LogP contribution < -0.4 is 5.32 Å². The number of aromatic amines is 1. The van der Waals surface area contributed by atoms with Crippen LogP contribution in [-0.2, 0) is 6.42 Å². The average Bonchev–Trinajstić information content (AvgIpc) is 3.19. The Hall–Kier alpha value is -2.60. The zero-order valence-corrected chi connectivity index (χ0v) is 13.9. The zero-order valence-electron chi connectivity index (χ0n) is 13.0. The lowest BCUT2D eigenvalue weighted by molar-refractivity contribution is 0.0733. The standard InChI is InChI=1S/C18H17N3O2S/c22-17(15-11-16-14(20-15)6-10-24-16)19-7-9-21-8-5-12-3-1-2-4-13(12)18(21)23/h1-4,6,10-11,20H,5,7-9H2,(H,19,22). The third kappa shape index (κ3) is 2.69. The molecule has 2 N–H and O–H groups in total. The molecule has 0 unspecified atom stereocenters. The van der Waals surface area contributed by atoms with E-state index in [1.54, 1.807) is 16.2 Å². The molecule has 0 fully saturated rings. The van der Waals surface area contributed by atoms with Crippen LogP contribution in [0, 0.1) is 0 Å². The van der Waals surface area contributed by atoms with Crippen LogP contribution in [-0.4, -0.2) is 41.3 Å². The normalized spacial score (nSPS) is 14.0. The van der Waals surface area contributed by atoms with Crippen LogP contribution in [0.4, 0.5) is 0 Å². The minimum atomic E-state index is -0.136. The number of H-pyrrole nitrogens is 1. The van der Waals surface area contributed by atoms with Gasteiger partial charge in [0, 0.05) is 25.2 Å². The molecule has 3 aromatic rings. The lowest BCUT2D eigenvalue weighted by atomic mass is 9.99. The topological polar surface area (TPSA) is 65.2 Å². The van der Waals surface area contributed by atoms with Crippen molar-refractivity contribution in [2.24, 2.45) is 0 Å². The molecule has 2 aromatic heterocycles. The van der Waals surface area contributed by atoms with Crippen LogP contribution >= 0.6 is 11.3 Å². The smallest absolute Gasteiger partial charge is 0.267 e. The van der Waals surface area contributed by atoms with Crippen molar-refractivity contribution in [1.82, 2.24) is 15.2 Å². The highest BCUT2D eigenvalue weighted by atomic mass is 32.1. The van der Waals surface area contributed by atoms with Gasteiger partial charge in [-0.25, -0.2) is 0 Å². The molecule has 122 valence electrons. The fourth-order valence-corrected chi connectivity index (χ4v) is 3.84. The second-order valence-electron chi connectivity index (χ2n) is 5.84. The first-order valence-electron chi connectivity index (χ1n) is 7.94. The Balaban J connectivity index is 1.35. The number of hydrogen-bond acceptors (Lipinski definition) is 3. The number of thiophene rings is 1. The highest BCUT2D eigenvalue weighted by molar-refractivity contribution is 7.17. The number of hydrogen-bond donors (Lipinski definition) is 2. The molecule has 0 bridgehead atoms. The fourth-order valence-electron chi connectivity index (χ4n) is 3.06. The van der Waals surface area contributed by atoms with Crippen molar-refractivity contribution < 1.29 is 9.59 Å². The third-order valence-electron chi connectivity index (χ3n) is 4.34. The van der Waals surface area contributed by atoms with Crippen molar-refractivity contribution in [3.05, 3.63) is 58.6 Å². The first-order valence-corrected chi connectivity index (χ1v) is 8.82. The minimum Gasteiger partial charge on any atom is -0.350 e. The summed E-state index contributed by atoms with van der Waals surface area (Å²) >= 11 is 1.60. The molecule has 1 aliphatic rings. The molecule has 1 aromatic carbocycles. The van der Waals surface area contributed by atoms with E-state index in [4.69, 9.17) is 0 Å². The molecule has 2 amide bonds. The van der Waals surface area contributed by atoms with E-state index in [-0.39, 0.29) is 11.8 Å². The number of carbonyl (C=O) groups is 2. The summed E-state index contributed by atoms with van der Waals surface area (Å²) in [5.74, 6) is -0.0882. The van der Waals surface area contributed by atoms with Gasteiger partial charge in [-0.15, -0.1) is 11.3 Å². The highest BCUT2D eigenvalue weighted by Gasteiger charge is 2.23. The molecule has 0 radical (unpaired) electrons. The number of rotatable bonds is 4. The van der Waals surface area contributed by atoms with E-state index in [9.17, 15) is 9.59 Å². The number of fused-ring (bicyclic) bond motifs is 2. The molecular weight excluding hydrogens is 322 g/mol. The van der Waals surface area contributed by atoms with Gasteiger partial charge in [0.1, 0.15) is 5.69 Å². The maximum atomic E-state index is 12.5. The van der Waals surface area contributed by atoms with Crippen molar-refractivity contribution in [2.45, 2.75) is 6.42 Å². The van der Waals surface area contributed by atoms with Gasteiger partial charge in [-0.2, -0.15) is 0 Å². The predicted octanol–water partition coefficient (Wildman–Crippen LogP) is 2.66. The van der Waals surface area contributed by atoms with Gasteiger partial charge in [-0.1, -0.05) is 18.2 Å². The Morgan fingerprint density at radius 2 is 2.17 bits per heavy atom. The summed E-state index contributed by atoms with van der Waals surface area (Å²) in [6.45, 7) is 1.66. The van der Waals surface area contributed by atoms with Crippen molar-refractivity contribution in [2.75, 3.05) is 19.6 Å². The van der Waals surface area contributed by atoms with Gasteiger partial charge in [0.25, 0.3) is 11.8 Å². The first kappa shape index (κ1) is 15.0. The van der Waals surface area contributed by atoms with E-state index in [0.29, 0.717) is 25.3 Å². The quantitative estimate of drug-likeness (QED) is 0.767. The van der Waals surface area contributed by atoms with E-state index in [0.717, 1.165) is 27.8 Å². The molecule has 0 saturated carbocycles. The summed E-state index contributed by atoms with van der Waals surface area (Å²) in [6.07, 6.45) is 0.864. The molecule has 0 spiro atoms. The lowest BCUT2D eigenvalue weighted by Gasteiger charge is -2.28. The number of benzene rings is 1. The molecule has 0 atom stereocenters. The zero-order chi connectivity index (χ0) is 16.5. The van der Waals surface area contributed by atoms with E-state index < -0.39 is 0 Å². The van der Waals surface area contributed by atoms with Gasteiger partial charge in [0.05, 0.1) is 10.2 Å². The number of carbonyl (C=O) groups excluding carboxylic acids is 2. The minimum absolute atomic E-state index is 0.0477. The van der Waals surface area contributed by atoms with Gasteiger partial charge in [0.2, 0.25) is 0 Å². The largest absolute Gasteiger partial charge is 0.350 e. The Kier molecular flexibility index (Phi) is 3.82. The Labute approximate surface area is 143 Å². The molecule has 3 heterocycles. The van der Waals surface area contributed by atoms with E-state index in [1.807, 2.05) is 41.8 Å². The number of aromatic nitrogens is 1. The SMILES string of the molecule is O=C(NCCN1CCc2ccccc2C1=O)c1cc2sccc2[nH]1. The van der Waals surface area contributed by atoms with Crippen LogP contribution in [0.3, 0.4) is 0 Å². The molecule has 0 aliphatic carbocycles. The molecule has 1 aliphatic heterocycles. The molecule has 6 heteroatoms. The molecule has 0 saturated heterocycles. The van der Waals surface area contributed by atoms with Crippen LogP contribution in [0.5, 0.6) is 0 Å². The van der Waals surface area contributed by atoms with Crippen molar-refractivity contribution in [3.63, 3.8) is 0 Å². The number of amides is 2. The summed E-state index contributed by atoms with van der Waals surface area (Å²) in [5, 5.41) is 4.87. The molecule has 5 nitrogen and oxygen atoms in total. The molecule has 24 heavy (non-hydrogen) atoms. The maximum Gasteiger partial charge on any atom is 0.267 e. The summed E-state index contributed by atoms with van der Waals surface area (Å²) < 4.78 is 1.07. The fraction of sp³-hybridized carbons (Fsp3) is 0.222. The van der Waals surface area contributed by atoms with Gasteiger partial charge < -0.3 is 15.2 Å². The van der Waals surface area contributed by atoms with Gasteiger partial charge in [0.15, 0.2) is 0 Å². The van der Waals surface area contributed by atoms with Crippen LogP contribution in [0.2, 0.25) is 0 Å². The molecular formula is C18H17N3O2S. The number of nitrogens with one attached hydrogen (secondary N) is 2. The first-order chi connectivity index (χ1) is 11.7. The Morgan fingerprint density at radius 3 is 3.04 bits per heavy atom. The van der Waals surface area contributed by atoms with E-state index in [1.165, 1.54) is 0 Å². The predicted molar refractivity (Wildman–Crippen MR) is 94.6 cm³/mol. The summed E-state index contributed by atoms with van der Waals surface area (Å²) in [7, 11) is 0. The van der Waals surface area contributed by atoms with Gasteiger partial charge in [-0.05, 0) is 35.6 Å². The van der Waals surface area contributed by atoms with Crippen LogP contribution in [0.25, 0.3) is 10.2 Å². The number of nitrogens with zero attached hydrogens (tertiary/aromatic N) is 1. The van der Waals surface area contributed by atoms with Crippen molar-refractivity contribution >= 4 is 33.4 Å². The average molecular weight is 339 g/mol. The second kappa shape index (κ2) is 6.13. The Bertz CT molecular complexity index is 883. The monoisotopic (exact) mass is 339 g/mol. The third-order valence-corrected chi connectivity index (χ3v) is 5.20. The van der Waals surface area contributed by atoms with E-state index >= 15 is 0 Å². The summed E-state index contributed by atoms with van der Waals surface area (Å²) in [6, 6.07) is 11.5. The van der Waals surface area contributed by atoms with Crippen molar-refractivity contribution in [1.29, 1.82) is 0 Å². The second-order valence-corrected chi connectivity index (χ2v) is 6.78. The highest BCUT2D eigenvalue weighted by Crippen LogP contribution is 2.21. The Morgan fingerprint density at radius 1 is 1.29 bits per heavy atom. The van der Waals surface area contributed by atoms with Gasteiger partial charge >= 0.3 is 0 Å². The summed E-state index contributed by atoms with van der Waals surface area (Å²) in [5.41, 5.74) is 3.43.